The summed E-state index contributed by atoms with van der Waals surface area (Å²) >= 11 is 7.25. The van der Waals surface area contributed by atoms with Gasteiger partial charge in [-0.05, 0) is 6.42 Å². The molecule has 0 bridgehead atoms. The van der Waals surface area contributed by atoms with Crippen molar-refractivity contribution >= 4 is 30.3 Å². The Hall–Kier alpha value is 0.890. The van der Waals surface area contributed by atoms with Gasteiger partial charge in [-0.1, -0.05) is 37.8 Å². The van der Waals surface area contributed by atoms with Gasteiger partial charge in [0.15, 0.2) is 0 Å². The molecule has 0 amide bonds. The van der Waals surface area contributed by atoms with Crippen LogP contribution >= 0.6 is 30.3 Å². The second-order valence-corrected chi connectivity index (χ2v) is 7.02. The normalized spacial score (nSPS) is 11.9. The molecule has 0 rings (SSSR count). The fourth-order valence-corrected chi connectivity index (χ4v) is 1.18. The Morgan fingerprint density at radius 3 is 2.44 bits per heavy atom. The van der Waals surface area contributed by atoms with Crippen molar-refractivity contribution in [2.45, 2.75) is 19.8 Å². The van der Waals surface area contributed by atoms with E-state index >= 15 is 0 Å². The highest BCUT2D eigenvalue weighted by Crippen LogP contribution is 2.56. The van der Waals surface area contributed by atoms with Crippen LogP contribution in [-0.2, 0) is 9.09 Å². The van der Waals surface area contributed by atoms with E-state index in [1.807, 2.05) is 6.92 Å². The highest BCUT2D eigenvalue weighted by molar-refractivity contribution is 8.79. The third kappa shape index (κ3) is 8.89. The van der Waals surface area contributed by atoms with E-state index in [1.54, 1.807) is 0 Å². The maximum absolute atomic E-state index is 10.6. The lowest BCUT2D eigenvalue weighted by atomic mass is 10.4. The average molecular weight is 186 g/mol. The summed E-state index contributed by atoms with van der Waals surface area (Å²) in [6.07, 6.45) is 1.94. The van der Waals surface area contributed by atoms with Crippen molar-refractivity contribution in [3.8, 4) is 0 Å². The maximum atomic E-state index is 10.6. The Labute approximate surface area is 66.1 Å². The molecule has 0 aliphatic carbocycles. The van der Waals surface area contributed by atoms with Gasteiger partial charge >= 0.3 is 5.77 Å². The number of rotatable bonds is 4. The lowest BCUT2D eigenvalue weighted by Gasteiger charge is -2.03. The summed E-state index contributed by atoms with van der Waals surface area (Å²) in [6, 6.07) is 0. The highest BCUT2D eigenvalue weighted by atomic mass is 33.1. The van der Waals surface area contributed by atoms with Gasteiger partial charge in [-0.3, -0.25) is 4.57 Å². The van der Waals surface area contributed by atoms with Crippen molar-refractivity contribution < 1.29 is 9.09 Å². The standard InChI is InChI=1S/C4H11O2PS2/c1-2-3-4-6-7(5,8)9/h2-4H2,1H3,(H2,5,8,9). The molecule has 0 radical (unpaired) electrons. The minimum absolute atomic E-state index is 0.487. The van der Waals surface area contributed by atoms with Gasteiger partial charge in [0.25, 0.3) is 0 Å². The minimum atomic E-state index is -2.81. The summed E-state index contributed by atoms with van der Waals surface area (Å²) in [7, 11) is 0. The van der Waals surface area contributed by atoms with Gasteiger partial charge in [-0.15, -0.1) is 0 Å². The van der Waals surface area contributed by atoms with E-state index in [1.165, 1.54) is 0 Å². The van der Waals surface area contributed by atoms with E-state index in [-0.39, 0.29) is 0 Å². The highest BCUT2D eigenvalue weighted by Gasteiger charge is 2.07. The van der Waals surface area contributed by atoms with E-state index in [4.69, 9.17) is 4.52 Å². The molecule has 0 N–H and O–H groups in total. The van der Waals surface area contributed by atoms with Crippen molar-refractivity contribution in [3.63, 3.8) is 0 Å². The molecule has 0 aromatic rings. The molecule has 9 heavy (non-hydrogen) atoms. The molecule has 56 valence electrons. The van der Waals surface area contributed by atoms with Crippen molar-refractivity contribution in [2.75, 3.05) is 6.61 Å². The summed E-state index contributed by atoms with van der Waals surface area (Å²) in [4.78, 5) is 0. The molecule has 0 aliphatic rings. The number of hydrogen-bond acceptors (Lipinski definition) is 2. The zero-order valence-corrected chi connectivity index (χ0v) is 7.96. The number of hydrogen-bond donors (Lipinski definition) is 2. The first kappa shape index (κ1) is 9.89. The van der Waals surface area contributed by atoms with Gasteiger partial charge < -0.3 is 4.52 Å². The van der Waals surface area contributed by atoms with E-state index in [9.17, 15) is 4.57 Å². The third-order valence-corrected chi connectivity index (χ3v) is 1.97. The first-order chi connectivity index (χ1) is 4.06. The average Bonchev–Trinajstić information content (AvgIpc) is 1.63. The SMILES string of the molecule is CCCCOP(=O)(S)S. The Kier molecular flexibility index (Phi) is 5.13. The molecule has 0 aliphatic heterocycles. The molecule has 0 aromatic heterocycles. The van der Waals surface area contributed by atoms with Crippen LogP contribution in [0.3, 0.4) is 0 Å². The first-order valence-electron chi connectivity index (χ1n) is 2.76. The van der Waals surface area contributed by atoms with Crippen LogP contribution in [0.5, 0.6) is 0 Å². The summed E-state index contributed by atoms with van der Waals surface area (Å²) in [5, 5.41) is 0. The van der Waals surface area contributed by atoms with Crippen LogP contribution in [0.1, 0.15) is 19.8 Å². The lowest BCUT2D eigenvalue weighted by molar-refractivity contribution is 0.327. The van der Waals surface area contributed by atoms with E-state index in [0.29, 0.717) is 6.61 Å². The molecular weight excluding hydrogens is 175 g/mol. The Bertz CT molecular complexity index is 111. The van der Waals surface area contributed by atoms with Crippen LogP contribution in [0.4, 0.5) is 0 Å². The molecule has 0 atom stereocenters. The topological polar surface area (TPSA) is 26.3 Å². The van der Waals surface area contributed by atoms with Crippen LogP contribution in [0.25, 0.3) is 0 Å². The molecular formula is C4H11O2PS2. The molecule has 0 aromatic carbocycles. The molecule has 0 fully saturated rings. The summed E-state index contributed by atoms with van der Waals surface area (Å²) in [5.74, 6) is -2.81. The molecule has 2 nitrogen and oxygen atoms in total. The second-order valence-electron chi connectivity index (χ2n) is 1.68. The zero-order valence-electron chi connectivity index (χ0n) is 5.28. The summed E-state index contributed by atoms with van der Waals surface area (Å²) in [6.45, 7) is 2.52. The van der Waals surface area contributed by atoms with E-state index in [2.05, 4.69) is 24.5 Å². The lowest BCUT2D eigenvalue weighted by Crippen LogP contribution is -1.84. The van der Waals surface area contributed by atoms with Gasteiger partial charge in [0, 0.05) is 0 Å². The molecule has 5 heteroatoms. The van der Waals surface area contributed by atoms with Crippen molar-refractivity contribution in [1.82, 2.24) is 0 Å². The van der Waals surface area contributed by atoms with Crippen LogP contribution in [0.2, 0.25) is 0 Å². The second kappa shape index (κ2) is 4.67. The van der Waals surface area contributed by atoms with Crippen molar-refractivity contribution in [1.29, 1.82) is 0 Å². The smallest absolute Gasteiger partial charge is 0.307 e. The predicted molar refractivity (Wildman–Crippen MR) is 46.4 cm³/mol. The van der Waals surface area contributed by atoms with Gasteiger partial charge in [-0.25, -0.2) is 0 Å². The monoisotopic (exact) mass is 186 g/mol. The van der Waals surface area contributed by atoms with Gasteiger partial charge in [0.05, 0.1) is 6.61 Å². The minimum Gasteiger partial charge on any atom is -0.314 e. The Morgan fingerprint density at radius 2 is 2.11 bits per heavy atom. The number of thiol groups is 2. The Balaban J connectivity index is 3.18. The van der Waals surface area contributed by atoms with E-state index in [0.717, 1.165) is 12.8 Å². The van der Waals surface area contributed by atoms with Gasteiger partial charge in [-0.2, -0.15) is 0 Å². The predicted octanol–water partition coefficient (Wildman–Crippen LogP) is 2.77. The fourth-order valence-electron chi connectivity index (χ4n) is 0.328. The number of unbranched alkanes of at least 4 members (excludes halogenated alkanes) is 1. The molecule has 0 saturated heterocycles. The largest absolute Gasteiger partial charge is 0.314 e. The summed E-state index contributed by atoms with van der Waals surface area (Å²) in [5.41, 5.74) is 0. The van der Waals surface area contributed by atoms with Crippen LogP contribution in [0, 0.1) is 0 Å². The quantitative estimate of drug-likeness (QED) is 0.401. The molecule has 0 spiro atoms. The van der Waals surface area contributed by atoms with Crippen LogP contribution in [0.15, 0.2) is 0 Å². The van der Waals surface area contributed by atoms with E-state index < -0.39 is 5.77 Å². The maximum Gasteiger partial charge on any atom is 0.307 e. The van der Waals surface area contributed by atoms with Gasteiger partial charge in [0.2, 0.25) is 0 Å². The first-order valence-corrected chi connectivity index (χ1v) is 6.69. The summed E-state index contributed by atoms with van der Waals surface area (Å²) < 4.78 is 15.3. The van der Waals surface area contributed by atoms with Crippen LogP contribution in [-0.4, -0.2) is 6.61 Å². The van der Waals surface area contributed by atoms with Crippen molar-refractivity contribution in [2.24, 2.45) is 0 Å². The zero-order chi connectivity index (χ0) is 7.33. The molecule has 0 heterocycles. The van der Waals surface area contributed by atoms with Crippen molar-refractivity contribution in [3.05, 3.63) is 0 Å². The molecule has 0 saturated carbocycles. The third-order valence-electron chi connectivity index (χ3n) is 0.757. The Morgan fingerprint density at radius 1 is 1.56 bits per heavy atom. The molecule has 0 unspecified atom stereocenters. The fraction of sp³-hybridized carbons (Fsp3) is 1.00. The van der Waals surface area contributed by atoms with Crippen LogP contribution < -0.4 is 0 Å². The van der Waals surface area contributed by atoms with Gasteiger partial charge in [0.1, 0.15) is 0 Å².